The van der Waals surface area contributed by atoms with E-state index in [0.29, 0.717) is 12.4 Å². The lowest BCUT2D eigenvalue weighted by Crippen LogP contribution is -2.31. The molecule has 4 nitrogen and oxygen atoms in total. The molecule has 80 valence electrons. The Bertz CT molecular complexity index is 205. The summed E-state index contributed by atoms with van der Waals surface area (Å²) in [7, 11) is 0. The number of nitrogens with zero attached hydrogens (tertiary/aromatic N) is 1. The van der Waals surface area contributed by atoms with Gasteiger partial charge >= 0.3 is 6.03 Å². The van der Waals surface area contributed by atoms with Gasteiger partial charge in [0.1, 0.15) is 0 Å². The van der Waals surface area contributed by atoms with Gasteiger partial charge in [0.05, 0.1) is 6.54 Å². The van der Waals surface area contributed by atoms with Crippen molar-refractivity contribution >= 4 is 23.5 Å². The Kier molecular flexibility index (Phi) is 4.73. The summed E-state index contributed by atoms with van der Waals surface area (Å²) in [5.74, 6) is 0.565. The number of rotatable bonds is 6. The molecule has 0 spiro atoms. The SMILES string of the molecule is O=C1CNC(=O)N1CCCCCCCl. The van der Waals surface area contributed by atoms with Gasteiger partial charge in [-0.15, -0.1) is 11.6 Å². The van der Waals surface area contributed by atoms with Gasteiger partial charge in [-0.05, 0) is 12.8 Å². The fraction of sp³-hybridized carbons (Fsp3) is 0.778. The van der Waals surface area contributed by atoms with Crippen molar-refractivity contribution in [3.05, 3.63) is 0 Å². The second-order valence-electron chi connectivity index (χ2n) is 3.31. The Morgan fingerprint density at radius 2 is 1.93 bits per heavy atom. The van der Waals surface area contributed by atoms with Gasteiger partial charge in [0.15, 0.2) is 0 Å². The Balaban J connectivity index is 2.11. The molecule has 0 aromatic rings. The second kappa shape index (κ2) is 5.86. The summed E-state index contributed by atoms with van der Waals surface area (Å²) in [5, 5.41) is 2.49. The van der Waals surface area contributed by atoms with E-state index in [1.54, 1.807) is 0 Å². The molecule has 0 radical (unpaired) electrons. The van der Waals surface area contributed by atoms with Gasteiger partial charge in [-0.3, -0.25) is 9.69 Å². The van der Waals surface area contributed by atoms with Gasteiger partial charge in [-0.1, -0.05) is 12.8 Å². The molecule has 1 N–H and O–H groups in total. The maximum Gasteiger partial charge on any atom is 0.324 e. The van der Waals surface area contributed by atoms with E-state index in [0.717, 1.165) is 25.7 Å². The topological polar surface area (TPSA) is 49.4 Å². The van der Waals surface area contributed by atoms with Crippen LogP contribution in [-0.2, 0) is 4.79 Å². The van der Waals surface area contributed by atoms with Crippen LogP contribution in [0, 0.1) is 0 Å². The van der Waals surface area contributed by atoms with E-state index in [1.165, 1.54) is 4.90 Å². The Morgan fingerprint density at radius 3 is 2.50 bits per heavy atom. The number of carbonyl (C=O) groups is 2. The molecule has 0 aliphatic carbocycles. The van der Waals surface area contributed by atoms with Crippen LogP contribution in [-0.4, -0.2) is 35.8 Å². The van der Waals surface area contributed by atoms with Crippen molar-refractivity contribution in [2.45, 2.75) is 25.7 Å². The number of amides is 3. The Morgan fingerprint density at radius 1 is 1.21 bits per heavy atom. The Hall–Kier alpha value is -0.770. The van der Waals surface area contributed by atoms with Gasteiger partial charge in [0.25, 0.3) is 0 Å². The largest absolute Gasteiger partial charge is 0.329 e. The zero-order valence-electron chi connectivity index (χ0n) is 8.09. The van der Waals surface area contributed by atoms with Crippen LogP contribution < -0.4 is 5.32 Å². The highest BCUT2D eigenvalue weighted by molar-refractivity contribution is 6.17. The summed E-state index contributed by atoms with van der Waals surface area (Å²) >= 11 is 5.53. The lowest BCUT2D eigenvalue weighted by molar-refractivity contribution is -0.125. The van der Waals surface area contributed by atoms with Gasteiger partial charge in [-0.2, -0.15) is 0 Å². The number of urea groups is 1. The molecular weight excluding hydrogens is 204 g/mol. The highest BCUT2D eigenvalue weighted by Crippen LogP contribution is 2.05. The molecule has 0 aromatic heterocycles. The van der Waals surface area contributed by atoms with Crippen LogP contribution in [0.1, 0.15) is 25.7 Å². The smallest absolute Gasteiger partial charge is 0.324 e. The van der Waals surface area contributed by atoms with Crippen molar-refractivity contribution in [2.75, 3.05) is 19.0 Å². The molecule has 1 aliphatic heterocycles. The lowest BCUT2D eigenvalue weighted by atomic mass is 10.2. The third-order valence-corrected chi connectivity index (χ3v) is 2.47. The van der Waals surface area contributed by atoms with Crippen molar-refractivity contribution in [1.82, 2.24) is 10.2 Å². The van der Waals surface area contributed by atoms with E-state index < -0.39 is 0 Å². The number of hydrogen-bond acceptors (Lipinski definition) is 2. The summed E-state index contributed by atoms with van der Waals surface area (Å²) in [6.07, 6.45) is 3.95. The first-order valence-corrected chi connectivity index (χ1v) is 5.43. The summed E-state index contributed by atoms with van der Waals surface area (Å²) in [6.45, 7) is 0.688. The molecule has 0 aromatic carbocycles. The van der Waals surface area contributed by atoms with Crippen molar-refractivity contribution in [2.24, 2.45) is 0 Å². The quantitative estimate of drug-likeness (QED) is 0.416. The zero-order chi connectivity index (χ0) is 10.4. The predicted molar refractivity (Wildman–Crippen MR) is 54.3 cm³/mol. The number of imide groups is 1. The standard InChI is InChI=1S/C9H15ClN2O2/c10-5-3-1-2-4-6-12-8(13)7-11-9(12)14/h1-7H2,(H,11,14). The van der Waals surface area contributed by atoms with Crippen LogP contribution in [0.15, 0.2) is 0 Å². The lowest BCUT2D eigenvalue weighted by Gasteiger charge is -2.11. The van der Waals surface area contributed by atoms with E-state index >= 15 is 0 Å². The average molecular weight is 219 g/mol. The first kappa shape index (κ1) is 11.3. The maximum atomic E-state index is 11.1. The number of alkyl halides is 1. The molecule has 1 saturated heterocycles. The molecule has 0 unspecified atom stereocenters. The van der Waals surface area contributed by atoms with Gasteiger partial charge in [0, 0.05) is 12.4 Å². The summed E-state index contributed by atoms with van der Waals surface area (Å²) in [6, 6.07) is -0.257. The minimum Gasteiger partial charge on any atom is -0.329 e. The molecule has 3 amide bonds. The van der Waals surface area contributed by atoms with Crippen LogP contribution in [0.5, 0.6) is 0 Å². The Labute approximate surface area is 88.6 Å². The maximum absolute atomic E-state index is 11.1. The summed E-state index contributed by atoms with van der Waals surface area (Å²) in [5.41, 5.74) is 0. The zero-order valence-corrected chi connectivity index (χ0v) is 8.85. The number of hydrogen-bond donors (Lipinski definition) is 1. The molecule has 0 saturated carbocycles. The van der Waals surface area contributed by atoms with Crippen LogP contribution in [0.2, 0.25) is 0 Å². The molecule has 0 bridgehead atoms. The molecule has 1 heterocycles. The first-order chi connectivity index (χ1) is 6.75. The van der Waals surface area contributed by atoms with Crippen LogP contribution >= 0.6 is 11.6 Å². The average Bonchev–Trinajstić information content (AvgIpc) is 2.48. The number of halogens is 1. The van der Waals surface area contributed by atoms with Gasteiger partial charge in [-0.25, -0.2) is 4.79 Å². The first-order valence-electron chi connectivity index (χ1n) is 4.90. The van der Waals surface area contributed by atoms with Crippen molar-refractivity contribution < 1.29 is 9.59 Å². The van der Waals surface area contributed by atoms with Crippen molar-refractivity contribution in [1.29, 1.82) is 0 Å². The van der Waals surface area contributed by atoms with E-state index in [4.69, 9.17) is 11.6 Å². The molecule has 1 fully saturated rings. The predicted octanol–water partition coefficient (Wildman–Crippen LogP) is 1.34. The third-order valence-electron chi connectivity index (χ3n) is 2.20. The fourth-order valence-corrected chi connectivity index (χ4v) is 1.59. The highest BCUT2D eigenvalue weighted by atomic mass is 35.5. The third kappa shape index (κ3) is 3.18. The van der Waals surface area contributed by atoms with Gasteiger partial charge in [0.2, 0.25) is 5.91 Å². The van der Waals surface area contributed by atoms with Crippen LogP contribution in [0.4, 0.5) is 4.79 Å². The fourth-order valence-electron chi connectivity index (χ4n) is 1.40. The molecule has 1 aliphatic rings. The normalized spacial score (nSPS) is 16.2. The monoisotopic (exact) mass is 218 g/mol. The molecule has 1 rings (SSSR count). The van der Waals surface area contributed by atoms with Crippen LogP contribution in [0.3, 0.4) is 0 Å². The highest BCUT2D eigenvalue weighted by Gasteiger charge is 2.27. The molecule has 14 heavy (non-hydrogen) atoms. The second-order valence-corrected chi connectivity index (χ2v) is 3.69. The molecule has 0 atom stereocenters. The van der Waals surface area contributed by atoms with E-state index in [-0.39, 0.29) is 18.5 Å². The minimum atomic E-state index is -0.257. The molecule has 5 heteroatoms. The van der Waals surface area contributed by atoms with Crippen LogP contribution in [0.25, 0.3) is 0 Å². The summed E-state index contributed by atoms with van der Waals surface area (Å²) < 4.78 is 0. The summed E-state index contributed by atoms with van der Waals surface area (Å²) in [4.78, 5) is 23.5. The number of carbonyl (C=O) groups excluding carboxylic acids is 2. The van der Waals surface area contributed by atoms with E-state index in [9.17, 15) is 9.59 Å². The van der Waals surface area contributed by atoms with Gasteiger partial charge < -0.3 is 5.32 Å². The molecular formula is C9H15ClN2O2. The van der Waals surface area contributed by atoms with Crippen molar-refractivity contribution in [3.8, 4) is 0 Å². The number of unbranched alkanes of at least 4 members (excludes halogenated alkanes) is 3. The number of nitrogens with one attached hydrogen (secondary N) is 1. The van der Waals surface area contributed by atoms with Crippen molar-refractivity contribution in [3.63, 3.8) is 0 Å². The van der Waals surface area contributed by atoms with E-state index in [1.807, 2.05) is 0 Å². The van der Waals surface area contributed by atoms with E-state index in [2.05, 4.69) is 5.32 Å². The minimum absolute atomic E-state index is 0.118.